The molecule has 1 rings (SSSR count). The largest absolute Gasteiger partial charge is 0.207 e. The first-order valence-electron chi connectivity index (χ1n) is 3.17. The van der Waals surface area contributed by atoms with E-state index in [4.69, 9.17) is 23.2 Å². The van der Waals surface area contributed by atoms with E-state index in [1.807, 2.05) is 0 Å². The van der Waals surface area contributed by atoms with Gasteiger partial charge in [0.15, 0.2) is 0 Å². The number of halogens is 3. The smallest absolute Gasteiger partial charge is 0.127 e. The Bertz CT molecular complexity index is 248. The highest BCUT2D eigenvalue weighted by Crippen LogP contribution is 2.13. The van der Waals surface area contributed by atoms with Crippen LogP contribution >= 0.6 is 23.2 Å². The molecule has 0 N–H and O–H groups in total. The fourth-order valence-electron chi connectivity index (χ4n) is 0.782. The van der Waals surface area contributed by atoms with Gasteiger partial charge >= 0.3 is 0 Å². The molecule has 0 atom stereocenters. The van der Waals surface area contributed by atoms with Crippen LogP contribution in [0.4, 0.5) is 4.39 Å². The molecule has 11 heavy (non-hydrogen) atoms. The fraction of sp³-hybridized carbons (Fsp3) is 0.250. The first-order valence-corrected chi connectivity index (χ1v) is 4.24. The summed E-state index contributed by atoms with van der Waals surface area (Å²) >= 11 is 10.9. The van der Waals surface area contributed by atoms with Gasteiger partial charge in [-0.1, -0.05) is 12.1 Å². The van der Waals surface area contributed by atoms with E-state index in [0.29, 0.717) is 11.4 Å². The van der Waals surface area contributed by atoms with Gasteiger partial charge in [-0.25, -0.2) is 4.39 Å². The van der Waals surface area contributed by atoms with Crippen LogP contribution in [-0.2, 0) is 11.8 Å². The Morgan fingerprint density at radius 2 is 1.91 bits per heavy atom. The molecule has 0 radical (unpaired) electrons. The van der Waals surface area contributed by atoms with Gasteiger partial charge in [0.05, 0.1) is 5.88 Å². The number of alkyl halides is 2. The number of hydrogen-bond donors (Lipinski definition) is 0. The van der Waals surface area contributed by atoms with Crippen molar-refractivity contribution >= 4 is 23.2 Å². The maximum atomic E-state index is 12.9. The Hall–Kier alpha value is -0.270. The summed E-state index contributed by atoms with van der Waals surface area (Å²) in [7, 11) is 0. The highest BCUT2D eigenvalue weighted by Gasteiger charge is 2.00. The van der Waals surface area contributed by atoms with Crippen molar-refractivity contribution in [1.82, 2.24) is 0 Å². The maximum Gasteiger partial charge on any atom is 0.127 e. The first-order chi connectivity index (χ1) is 5.27. The van der Waals surface area contributed by atoms with Crippen LogP contribution in [0.1, 0.15) is 11.1 Å². The van der Waals surface area contributed by atoms with Crippen molar-refractivity contribution < 1.29 is 4.39 Å². The molecule has 0 saturated carbocycles. The second kappa shape index (κ2) is 3.93. The third-order valence-corrected chi connectivity index (χ3v) is 2.01. The predicted molar refractivity (Wildman–Crippen MR) is 45.5 cm³/mol. The Kier molecular flexibility index (Phi) is 3.16. The lowest BCUT2D eigenvalue weighted by atomic mass is 10.2. The molecular formula is C8H7Cl2F. The van der Waals surface area contributed by atoms with Crippen molar-refractivity contribution in [3.8, 4) is 0 Å². The van der Waals surface area contributed by atoms with Gasteiger partial charge in [-0.3, -0.25) is 0 Å². The molecule has 0 spiro atoms. The minimum Gasteiger partial charge on any atom is -0.207 e. The van der Waals surface area contributed by atoms with Gasteiger partial charge in [-0.05, 0) is 11.6 Å². The molecular weight excluding hydrogens is 186 g/mol. The molecule has 0 fully saturated rings. The normalized spacial score (nSPS) is 10.1. The minimum absolute atomic E-state index is 0.203. The third-order valence-electron chi connectivity index (χ3n) is 1.42. The van der Waals surface area contributed by atoms with E-state index in [1.54, 1.807) is 12.1 Å². The van der Waals surface area contributed by atoms with Crippen LogP contribution in [0.25, 0.3) is 0 Å². The molecule has 60 valence electrons. The molecule has 0 saturated heterocycles. The van der Waals surface area contributed by atoms with Crippen LogP contribution < -0.4 is 0 Å². The molecule has 0 aliphatic carbocycles. The molecule has 1 aromatic rings. The van der Waals surface area contributed by atoms with E-state index in [-0.39, 0.29) is 11.7 Å². The SMILES string of the molecule is Fc1cc(CCl)ccc1CCl. The summed E-state index contributed by atoms with van der Waals surface area (Å²) < 4.78 is 12.9. The van der Waals surface area contributed by atoms with Crippen LogP contribution in [0.3, 0.4) is 0 Å². The van der Waals surface area contributed by atoms with Gasteiger partial charge in [-0.2, -0.15) is 0 Å². The van der Waals surface area contributed by atoms with Gasteiger partial charge in [0.25, 0.3) is 0 Å². The lowest BCUT2D eigenvalue weighted by molar-refractivity contribution is 0.615. The Balaban J connectivity index is 2.99. The third kappa shape index (κ3) is 2.08. The molecule has 0 nitrogen and oxygen atoms in total. The number of hydrogen-bond acceptors (Lipinski definition) is 0. The molecule has 0 bridgehead atoms. The fourth-order valence-corrected chi connectivity index (χ4v) is 1.17. The quantitative estimate of drug-likeness (QED) is 0.632. The van der Waals surface area contributed by atoms with E-state index < -0.39 is 0 Å². The van der Waals surface area contributed by atoms with Crippen LogP contribution in [0.5, 0.6) is 0 Å². The predicted octanol–water partition coefficient (Wildman–Crippen LogP) is 3.30. The van der Waals surface area contributed by atoms with E-state index >= 15 is 0 Å². The summed E-state index contributed by atoms with van der Waals surface area (Å²) in [5, 5.41) is 0. The zero-order chi connectivity index (χ0) is 8.27. The summed E-state index contributed by atoms with van der Waals surface area (Å²) in [4.78, 5) is 0. The second-order valence-corrected chi connectivity index (χ2v) is 2.73. The second-order valence-electron chi connectivity index (χ2n) is 2.19. The summed E-state index contributed by atoms with van der Waals surface area (Å²) in [6.45, 7) is 0. The van der Waals surface area contributed by atoms with Gasteiger partial charge in [0.1, 0.15) is 5.82 Å². The van der Waals surface area contributed by atoms with Crippen molar-refractivity contribution in [3.63, 3.8) is 0 Å². The Morgan fingerprint density at radius 3 is 2.36 bits per heavy atom. The van der Waals surface area contributed by atoms with Gasteiger partial charge in [-0.15, -0.1) is 23.2 Å². The molecule has 3 heteroatoms. The Morgan fingerprint density at radius 1 is 1.18 bits per heavy atom. The van der Waals surface area contributed by atoms with Crippen molar-refractivity contribution in [3.05, 3.63) is 35.1 Å². The monoisotopic (exact) mass is 192 g/mol. The van der Waals surface area contributed by atoms with Crippen molar-refractivity contribution in [2.24, 2.45) is 0 Å². The maximum absolute atomic E-state index is 12.9. The molecule has 0 aromatic heterocycles. The standard InChI is InChI=1S/C8H7Cl2F/c9-4-6-1-2-7(5-10)8(11)3-6/h1-3H,4-5H2. The molecule has 0 heterocycles. The van der Waals surface area contributed by atoms with Gasteiger partial charge < -0.3 is 0 Å². The van der Waals surface area contributed by atoms with Crippen LogP contribution in [-0.4, -0.2) is 0 Å². The number of rotatable bonds is 2. The molecule has 0 unspecified atom stereocenters. The molecule has 0 aliphatic heterocycles. The highest BCUT2D eigenvalue weighted by atomic mass is 35.5. The van der Waals surface area contributed by atoms with E-state index in [2.05, 4.69) is 0 Å². The highest BCUT2D eigenvalue weighted by molar-refractivity contribution is 6.17. The van der Waals surface area contributed by atoms with Crippen molar-refractivity contribution in [2.75, 3.05) is 0 Å². The Labute approximate surface area is 74.9 Å². The zero-order valence-corrected chi connectivity index (χ0v) is 7.29. The van der Waals surface area contributed by atoms with Crippen LogP contribution in [0.2, 0.25) is 0 Å². The van der Waals surface area contributed by atoms with Crippen molar-refractivity contribution in [2.45, 2.75) is 11.8 Å². The lowest BCUT2D eigenvalue weighted by Gasteiger charge is -1.99. The lowest BCUT2D eigenvalue weighted by Crippen LogP contribution is -1.87. The van der Waals surface area contributed by atoms with E-state index in [0.717, 1.165) is 5.56 Å². The summed E-state index contributed by atoms with van der Waals surface area (Å²) in [6.07, 6.45) is 0. The van der Waals surface area contributed by atoms with E-state index in [1.165, 1.54) is 6.07 Å². The summed E-state index contributed by atoms with van der Waals surface area (Å²) in [5.41, 5.74) is 1.29. The topological polar surface area (TPSA) is 0 Å². The zero-order valence-electron chi connectivity index (χ0n) is 5.78. The number of benzene rings is 1. The minimum atomic E-state index is -0.279. The molecule has 1 aromatic carbocycles. The average Bonchev–Trinajstić information content (AvgIpc) is 2.04. The van der Waals surface area contributed by atoms with Crippen molar-refractivity contribution in [1.29, 1.82) is 0 Å². The first kappa shape index (κ1) is 8.82. The van der Waals surface area contributed by atoms with E-state index in [9.17, 15) is 4.39 Å². The van der Waals surface area contributed by atoms with Gasteiger partial charge in [0.2, 0.25) is 0 Å². The summed E-state index contributed by atoms with van der Waals surface area (Å²) in [6, 6.07) is 4.83. The molecule has 0 aliphatic rings. The van der Waals surface area contributed by atoms with Crippen LogP contribution in [0.15, 0.2) is 18.2 Å². The van der Waals surface area contributed by atoms with Gasteiger partial charge in [0, 0.05) is 11.4 Å². The summed E-state index contributed by atoms with van der Waals surface area (Å²) in [5.74, 6) is 0.256. The molecule has 0 amide bonds. The van der Waals surface area contributed by atoms with Crippen LogP contribution in [0, 0.1) is 5.82 Å². The average molecular weight is 193 g/mol.